The minimum atomic E-state index is -0.0985. The third-order valence-electron chi connectivity index (χ3n) is 4.78. The zero-order valence-electron chi connectivity index (χ0n) is 15.2. The molecule has 3 rings (SSSR count). The standard InChI is InChI=1S/C20H27N3O2/c1-16-19(15-20(24)22(2)21-16)17-7-9-18(10-8-17)25-14-6-13-23-11-4-3-5-12-23/h7-10,15H,3-6,11-14H2,1-2H3. The molecule has 0 spiro atoms. The highest BCUT2D eigenvalue weighted by Gasteiger charge is 2.09. The van der Waals surface area contributed by atoms with E-state index in [1.807, 2.05) is 31.2 Å². The summed E-state index contributed by atoms with van der Waals surface area (Å²) in [5.41, 5.74) is 2.61. The maximum absolute atomic E-state index is 11.8. The van der Waals surface area contributed by atoms with Gasteiger partial charge < -0.3 is 9.64 Å². The molecule has 2 aromatic rings. The van der Waals surface area contributed by atoms with Crippen molar-refractivity contribution in [2.24, 2.45) is 7.05 Å². The average Bonchev–Trinajstić information content (AvgIpc) is 2.63. The number of hydrogen-bond acceptors (Lipinski definition) is 4. The lowest BCUT2D eigenvalue weighted by atomic mass is 10.1. The molecule has 5 heteroatoms. The van der Waals surface area contributed by atoms with Gasteiger partial charge in [0.1, 0.15) is 5.75 Å². The fourth-order valence-corrected chi connectivity index (χ4v) is 3.33. The number of aromatic nitrogens is 2. The fraction of sp³-hybridized carbons (Fsp3) is 0.500. The molecule has 0 radical (unpaired) electrons. The molecule has 0 amide bonds. The predicted molar refractivity (Wildman–Crippen MR) is 100 cm³/mol. The number of likely N-dealkylation sites (tertiary alicyclic amines) is 1. The van der Waals surface area contributed by atoms with Crippen LogP contribution in [0, 0.1) is 6.92 Å². The Morgan fingerprint density at radius 1 is 1.12 bits per heavy atom. The first-order valence-electron chi connectivity index (χ1n) is 9.14. The Bertz CT molecular complexity index is 747. The van der Waals surface area contributed by atoms with Gasteiger partial charge in [-0.3, -0.25) is 4.79 Å². The fourth-order valence-electron chi connectivity index (χ4n) is 3.33. The Kier molecular flexibility index (Phi) is 5.87. The van der Waals surface area contributed by atoms with Crippen molar-refractivity contribution in [2.75, 3.05) is 26.2 Å². The summed E-state index contributed by atoms with van der Waals surface area (Å²) in [5, 5.41) is 4.25. The first-order chi connectivity index (χ1) is 12.1. The van der Waals surface area contributed by atoms with E-state index in [0.717, 1.165) is 42.1 Å². The Hall–Kier alpha value is -2.14. The maximum atomic E-state index is 11.8. The van der Waals surface area contributed by atoms with Crippen LogP contribution in [0.15, 0.2) is 35.1 Å². The molecule has 1 aliphatic heterocycles. The monoisotopic (exact) mass is 341 g/mol. The second-order valence-electron chi connectivity index (χ2n) is 6.73. The minimum absolute atomic E-state index is 0.0985. The molecule has 1 aromatic heterocycles. The smallest absolute Gasteiger partial charge is 0.267 e. The van der Waals surface area contributed by atoms with Crippen LogP contribution >= 0.6 is 0 Å². The van der Waals surface area contributed by atoms with E-state index in [1.54, 1.807) is 13.1 Å². The molecule has 0 bridgehead atoms. The van der Waals surface area contributed by atoms with Gasteiger partial charge in [-0.1, -0.05) is 18.6 Å². The molecule has 0 atom stereocenters. The molecule has 25 heavy (non-hydrogen) atoms. The Morgan fingerprint density at radius 2 is 1.84 bits per heavy atom. The topological polar surface area (TPSA) is 47.4 Å². The van der Waals surface area contributed by atoms with Crippen molar-refractivity contribution in [2.45, 2.75) is 32.6 Å². The average molecular weight is 341 g/mol. The molecule has 1 aromatic carbocycles. The van der Waals surface area contributed by atoms with E-state index in [4.69, 9.17) is 4.74 Å². The molecule has 1 saturated heterocycles. The Labute approximate surface area is 149 Å². The molecule has 0 aliphatic carbocycles. The summed E-state index contributed by atoms with van der Waals surface area (Å²) in [4.78, 5) is 14.3. The second kappa shape index (κ2) is 8.30. The summed E-state index contributed by atoms with van der Waals surface area (Å²) in [6, 6.07) is 9.55. The lowest BCUT2D eigenvalue weighted by Gasteiger charge is -2.26. The van der Waals surface area contributed by atoms with Crippen LogP contribution < -0.4 is 10.3 Å². The van der Waals surface area contributed by atoms with Gasteiger partial charge in [-0.15, -0.1) is 0 Å². The van der Waals surface area contributed by atoms with Crippen LogP contribution in [-0.2, 0) is 7.05 Å². The SMILES string of the molecule is Cc1nn(C)c(=O)cc1-c1ccc(OCCCN2CCCCC2)cc1. The van der Waals surface area contributed by atoms with Crippen molar-refractivity contribution >= 4 is 0 Å². The largest absolute Gasteiger partial charge is 0.494 e. The van der Waals surface area contributed by atoms with Gasteiger partial charge in [0.2, 0.25) is 0 Å². The molecular formula is C20H27N3O2. The van der Waals surface area contributed by atoms with Gasteiger partial charge in [0.05, 0.1) is 12.3 Å². The first kappa shape index (κ1) is 17.7. The summed E-state index contributed by atoms with van der Waals surface area (Å²) in [6.07, 6.45) is 5.10. The summed E-state index contributed by atoms with van der Waals surface area (Å²) in [7, 11) is 1.67. The van der Waals surface area contributed by atoms with Crippen LogP contribution in [0.3, 0.4) is 0 Å². The van der Waals surface area contributed by atoms with E-state index >= 15 is 0 Å². The van der Waals surface area contributed by atoms with Crippen LogP contribution in [0.1, 0.15) is 31.4 Å². The van der Waals surface area contributed by atoms with Gasteiger partial charge in [-0.05, 0) is 57.0 Å². The summed E-state index contributed by atoms with van der Waals surface area (Å²) >= 11 is 0. The highest BCUT2D eigenvalue weighted by molar-refractivity contribution is 5.65. The molecule has 1 fully saturated rings. The number of hydrogen-bond donors (Lipinski definition) is 0. The highest BCUT2D eigenvalue weighted by atomic mass is 16.5. The number of rotatable bonds is 6. The van der Waals surface area contributed by atoms with Crippen molar-refractivity contribution in [1.29, 1.82) is 0 Å². The van der Waals surface area contributed by atoms with Crippen molar-refractivity contribution in [3.8, 4) is 16.9 Å². The summed E-state index contributed by atoms with van der Waals surface area (Å²) in [6.45, 7) is 6.25. The molecule has 0 unspecified atom stereocenters. The van der Waals surface area contributed by atoms with Crippen LogP contribution in [0.2, 0.25) is 0 Å². The normalized spacial score (nSPS) is 15.3. The molecule has 2 heterocycles. The van der Waals surface area contributed by atoms with Gasteiger partial charge in [0, 0.05) is 25.2 Å². The van der Waals surface area contributed by atoms with Crippen molar-refractivity contribution < 1.29 is 4.74 Å². The van der Waals surface area contributed by atoms with Gasteiger partial charge in [-0.2, -0.15) is 5.10 Å². The van der Waals surface area contributed by atoms with Crippen LogP contribution in [-0.4, -0.2) is 40.9 Å². The molecule has 134 valence electrons. The summed E-state index contributed by atoms with van der Waals surface area (Å²) < 4.78 is 7.21. The number of piperidine rings is 1. The molecule has 0 saturated carbocycles. The number of nitrogens with zero attached hydrogens (tertiary/aromatic N) is 3. The Morgan fingerprint density at radius 3 is 2.56 bits per heavy atom. The highest BCUT2D eigenvalue weighted by Crippen LogP contribution is 2.23. The van der Waals surface area contributed by atoms with E-state index in [9.17, 15) is 4.79 Å². The van der Waals surface area contributed by atoms with Crippen LogP contribution in [0.5, 0.6) is 5.75 Å². The summed E-state index contributed by atoms with van der Waals surface area (Å²) in [5.74, 6) is 0.872. The molecular weight excluding hydrogens is 314 g/mol. The lowest BCUT2D eigenvalue weighted by Crippen LogP contribution is -2.31. The van der Waals surface area contributed by atoms with E-state index in [1.165, 1.54) is 37.0 Å². The maximum Gasteiger partial charge on any atom is 0.267 e. The van der Waals surface area contributed by atoms with E-state index in [0.29, 0.717) is 0 Å². The predicted octanol–water partition coefficient (Wildman–Crippen LogP) is 3.01. The third-order valence-corrected chi connectivity index (χ3v) is 4.78. The van der Waals surface area contributed by atoms with Crippen molar-refractivity contribution in [3.63, 3.8) is 0 Å². The Balaban J connectivity index is 1.53. The van der Waals surface area contributed by atoms with E-state index in [-0.39, 0.29) is 5.56 Å². The van der Waals surface area contributed by atoms with Crippen LogP contribution in [0.4, 0.5) is 0 Å². The zero-order valence-corrected chi connectivity index (χ0v) is 15.2. The quantitative estimate of drug-likeness (QED) is 0.758. The van der Waals surface area contributed by atoms with Gasteiger partial charge in [-0.25, -0.2) is 4.68 Å². The number of ether oxygens (including phenoxy) is 1. The van der Waals surface area contributed by atoms with Gasteiger partial charge in [0.25, 0.3) is 5.56 Å². The van der Waals surface area contributed by atoms with Crippen molar-refractivity contribution in [3.05, 3.63) is 46.4 Å². The number of aryl methyl sites for hydroxylation is 2. The van der Waals surface area contributed by atoms with Crippen LogP contribution in [0.25, 0.3) is 11.1 Å². The molecule has 1 aliphatic rings. The number of benzene rings is 1. The molecule has 0 N–H and O–H groups in total. The lowest BCUT2D eigenvalue weighted by molar-refractivity contribution is 0.205. The first-order valence-corrected chi connectivity index (χ1v) is 9.14. The van der Waals surface area contributed by atoms with Gasteiger partial charge >= 0.3 is 0 Å². The van der Waals surface area contributed by atoms with Crippen molar-refractivity contribution in [1.82, 2.24) is 14.7 Å². The van der Waals surface area contributed by atoms with E-state index in [2.05, 4.69) is 10.00 Å². The molecule has 5 nitrogen and oxygen atoms in total. The van der Waals surface area contributed by atoms with E-state index < -0.39 is 0 Å². The minimum Gasteiger partial charge on any atom is -0.494 e. The van der Waals surface area contributed by atoms with Gasteiger partial charge in [0.15, 0.2) is 0 Å². The second-order valence-corrected chi connectivity index (χ2v) is 6.73. The third kappa shape index (κ3) is 4.69. The zero-order chi connectivity index (χ0) is 17.6.